The van der Waals surface area contributed by atoms with Gasteiger partial charge in [-0.25, -0.2) is 5.43 Å². The van der Waals surface area contributed by atoms with Crippen LogP contribution in [0.15, 0.2) is 84.0 Å². The first kappa shape index (κ1) is 28.0. The van der Waals surface area contributed by atoms with Crippen molar-refractivity contribution >= 4 is 46.1 Å². The van der Waals surface area contributed by atoms with Crippen molar-refractivity contribution in [2.45, 2.75) is 19.9 Å². The monoisotopic (exact) mass is 570 g/mol. The van der Waals surface area contributed by atoms with Gasteiger partial charge in [-0.1, -0.05) is 53.6 Å². The van der Waals surface area contributed by atoms with Gasteiger partial charge in [-0.15, -0.1) is 0 Å². The number of hydrogen-bond acceptors (Lipinski definition) is 6. The lowest BCUT2D eigenvalue weighted by Crippen LogP contribution is -2.54. The number of hydrogen-bond donors (Lipinski definition) is 2. The van der Waals surface area contributed by atoms with Crippen LogP contribution in [0.1, 0.15) is 28.4 Å². The van der Waals surface area contributed by atoms with Crippen LogP contribution in [-0.4, -0.2) is 60.3 Å². The van der Waals surface area contributed by atoms with Crippen LogP contribution in [-0.2, 0) is 4.79 Å². The number of carbonyl (C=O) groups excluding carboxylic acids is 2. The summed E-state index contributed by atoms with van der Waals surface area (Å²) in [5.74, 6) is -0.00948. The highest BCUT2D eigenvalue weighted by Crippen LogP contribution is 2.28. The van der Waals surface area contributed by atoms with E-state index in [0.717, 1.165) is 22.9 Å². The van der Waals surface area contributed by atoms with Crippen molar-refractivity contribution in [1.29, 1.82) is 0 Å². The summed E-state index contributed by atoms with van der Waals surface area (Å²) in [6.45, 7) is 6.19. The zero-order valence-electron chi connectivity index (χ0n) is 22.9. The minimum absolute atomic E-state index is 0.0489. The summed E-state index contributed by atoms with van der Waals surface area (Å²) in [6.07, 6.45) is 1.55. The first-order valence-corrected chi connectivity index (χ1v) is 13.8. The van der Waals surface area contributed by atoms with E-state index in [0.29, 0.717) is 18.8 Å². The number of rotatable bonds is 7. The number of phenols is 1. The normalized spacial score (nSPS) is 15.3. The summed E-state index contributed by atoms with van der Waals surface area (Å²) in [5, 5.41) is 15.4. The fourth-order valence-corrected chi connectivity index (χ4v) is 5.12. The number of nitrogens with zero attached hydrogens (tertiary/aromatic N) is 3. The molecule has 1 unspecified atom stereocenters. The smallest absolute Gasteiger partial charge is 0.271 e. The Morgan fingerprint density at radius 3 is 2.54 bits per heavy atom. The van der Waals surface area contributed by atoms with E-state index in [1.54, 1.807) is 12.3 Å². The maximum Gasteiger partial charge on any atom is 0.271 e. The number of amides is 2. The molecule has 0 spiro atoms. The second kappa shape index (κ2) is 12.3. The lowest BCUT2D eigenvalue weighted by molar-refractivity contribution is -0.134. The van der Waals surface area contributed by atoms with E-state index in [2.05, 4.69) is 53.5 Å². The largest absolute Gasteiger partial charge is 0.506 e. The zero-order chi connectivity index (χ0) is 28.9. The molecule has 9 heteroatoms. The Morgan fingerprint density at radius 1 is 1.05 bits per heavy atom. The SMILES string of the molecule is Cc1ccc(N2CCN(C(=O)COc3ccc(C=NNC(=O)c4ccc(O)c(Cl)c4)c4ccccc34)CC2C)cc1. The van der Waals surface area contributed by atoms with E-state index in [4.69, 9.17) is 16.3 Å². The molecule has 0 aliphatic carbocycles. The molecular formula is C32H31ClN4O4. The van der Waals surface area contributed by atoms with Crippen LogP contribution >= 0.6 is 11.6 Å². The molecule has 1 fully saturated rings. The van der Waals surface area contributed by atoms with Gasteiger partial charge in [-0.2, -0.15) is 5.10 Å². The van der Waals surface area contributed by atoms with Gasteiger partial charge < -0.3 is 19.6 Å². The number of aryl methyl sites for hydroxylation is 1. The fraction of sp³-hybridized carbons (Fsp3) is 0.219. The van der Waals surface area contributed by atoms with Crippen LogP contribution in [0, 0.1) is 6.92 Å². The van der Waals surface area contributed by atoms with Gasteiger partial charge in [0.2, 0.25) is 0 Å². The van der Waals surface area contributed by atoms with Crippen molar-refractivity contribution in [1.82, 2.24) is 10.3 Å². The van der Waals surface area contributed by atoms with Gasteiger partial charge in [0.05, 0.1) is 11.2 Å². The minimum atomic E-state index is -0.458. The predicted molar refractivity (Wildman–Crippen MR) is 162 cm³/mol. The number of phenolic OH excluding ortho intramolecular Hbond substituents is 1. The third-order valence-corrected chi connectivity index (χ3v) is 7.50. The molecule has 1 atom stereocenters. The quantitative estimate of drug-likeness (QED) is 0.230. The molecule has 0 aromatic heterocycles. The molecule has 1 aliphatic heterocycles. The molecule has 4 aromatic rings. The van der Waals surface area contributed by atoms with Gasteiger partial charge in [-0.3, -0.25) is 9.59 Å². The lowest BCUT2D eigenvalue weighted by Gasteiger charge is -2.41. The number of aromatic hydroxyl groups is 1. The van der Waals surface area contributed by atoms with E-state index in [9.17, 15) is 14.7 Å². The van der Waals surface area contributed by atoms with Gasteiger partial charge >= 0.3 is 0 Å². The second-order valence-electron chi connectivity index (χ2n) is 10.1. The summed E-state index contributed by atoms with van der Waals surface area (Å²) in [4.78, 5) is 29.7. The van der Waals surface area contributed by atoms with E-state index < -0.39 is 5.91 Å². The number of carbonyl (C=O) groups is 2. The van der Waals surface area contributed by atoms with Gasteiger partial charge in [0, 0.05) is 47.9 Å². The maximum atomic E-state index is 13.1. The Kier molecular flexibility index (Phi) is 8.40. The minimum Gasteiger partial charge on any atom is -0.506 e. The summed E-state index contributed by atoms with van der Waals surface area (Å²) in [7, 11) is 0. The van der Waals surface area contributed by atoms with Crippen molar-refractivity contribution in [3.8, 4) is 11.5 Å². The number of benzene rings is 4. The number of piperazine rings is 1. The van der Waals surface area contributed by atoms with Gasteiger partial charge in [0.1, 0.15) is 11.5 Å². The number of ether oxygens (including phenoxy) is 1. The van der Waals surface area contributed by atoms with Gasteiger partial charge in [0.15, 0.2) is 6.61 Å². The second-order valence-corrected chi connectivity index (χ2v) is 10.5. The Hall–Kier alpha value is -4.56. The van der Waals surface area contributed by atoms with Crippen molar-refractivity contribution in [3.63, 3.8) is 0 Å². The molecule has 2 N–H and O–H groups in total. The molecule has 8 nitrogen and oxygen atoms in total. The average Bonchev–Trinajstić information content (AvgIpc) is 2.98. The number of anilines is 1. The molecule has 0 bridgehead atoms. The molecule has 2 amide bonds. The fourth-order valence-electron chi connectivity index (χ4n) is 4.94. The topological polar surface area (TPSA) is 94.5 Å². The van der Waals surface area contributed by atoms with E-state index in [1.165, 1.54) is 29.4 Å². The number of hydrazone groups is 1. The molecule has 1 heterocycles. The van der Waals surface area contributed by atoms with Crippen LogP contribution < -0.4 is 15.1 Å². The molecule has 1 saturated heterocycles. The third kappa shape index (κ3) is 6.44. The van der Waals surface area contributed by atoms with Crippen molar-refractivity contribution in [3.05, 3.63) is 101 Å². The summed E-state index contributed by atoms with van der Waals surface area (Å²) in [5.41, 5.74) is 5.91. The maximum absolute atomic E-state index is 13.1. The van der Waals surface area contributed by atoms with Gasteiger partial charge in [0.25, 0.3) is 11.8 Å². The van der Waals surface area contributed by atoms with E-state index in [1.807, 2.05) is 35.2 Å². The number of fused-ring (bicyclic) bond motifs is 1. The molecule has 1 aliphatic rings. The lowest BCUT2D eigenvalue weighted by atomic mass is 10.0. The van der Waals surface area contributed by atoms with E-state index >= 15 is 0 Å². The molecule has 210 valence electrons. The molecule has 4 aromatic carbocycles. The Labute approximate surface area is 243 Å². The molecule has 41 heavy (non-hydrogen) atoms. The average molecular weight is 571 g/mol. The highest BCUT2D eigenvalue weighted by molar-refractivity contribution is 6.32. The third-order valence-electron chi connectivity index (χ3n) is 7.19. The number of nitrogens with one attached hydrogen (secondary N) is 1. The molecule has 5 rings (SSSR count). The first-order chi connectivity index (χ1) is 19.8. The van der Waals surface area contributed by atoms with Crippen LogP contribution in [0.25, 0.3) is 10.8 Å². The van der Waals surface area contributed by atoms with Crippen LogP contribution in [0.5, 0.6) is 11.5 Å². The Morgan fingerprint density at radius 2 is 1.80 bits per heavy atom. The van der Waals surface area contributed by atoms with Crippen molar-refractivity contribution in [2.24, 2.45) is 5.10 Å². The first-order valence-electron chi connectivity index (χ1n) is 13.4. The van der Waals surface area contributed by atoms with Crippen LogP contribution in [0.2, 0.25) is 5.02 Å². The van der Waals surface area contributed by atoms with Crippen molar-refractivity contribution < 1.29 is 19.4 Å². The Bertz CT molecular complexity index is 1610. The van der Waals surface area contributed by atoms with Gasteiger partial charge in [-0.05, 0) is 61.7 Å². The zero-order valence-corrected chi connectivity index (χ0v) is 23.6. The van der Waals surface area contributed by atoms with Crippen molar-refractivity contribution in [2.75, 3.05) is 31.1 Å². The standard InChI is InChI=1S/C32H31ClN4O4/c1-21-7-11-25(12-8-21)37-16-15-36(19-22(37)2)31(39)20-41-30-14-10-24(26-5-3-4-6-27(26)30)18-34-35-32(40)23-9-13-29(38)28(33)17-23/h3-14,17-18,22,38H,15-16,19-20H2,1-2H3,(H,35,40). The number of halogens is 1. The summed E-state index contributed by atoms with van der Waals surface area (Å²) in [6, 6.07) is 24.1. The van der Waals surface area contributed by atoms with E-state index in [-0.39, 0.29) is 34.9 Å². The highest BCUT2D eigenvalue weighted by Gasteiger charge is 2.27. The molecule has 0 saturated carbocycles. The predicted octanol–water partition coefficient (Wildman–Crippen LogP) is 5.39. The summed E-state index contributed by atoms with van der Waals surface area (Å²) < 4.78 is 6.02. The summed E-state index contributed by atoms with van der Waals surface area (Å²) >= 11 is 5.89. The van der Waals surface area contributed by atoms with Crippen LogP contribution in [0.4, 0.5) is 5.69 Å². The molecular weight excluding hydrogens is 540 g/mol. The Balaban J connectivity index is 1.21. The molecule has 0 radical (unpaired) electrons. The highest BCUT2D eigenvalue weighted by atomic mass is 35.5. The van der Waals surface area contributed by atoms with Crippen LogP contribution in [0.3, 0.4) is 0 Å².